The minimum atomic E-state index is -0.417. The maximum absolute atomic E-state index is 11.5. The Bertz CT molecular complexity index is 1150. The van der Waals surface area contributed by atoms with Gasteiger partial charge in [0, 0.05) is 48.6 Å². The van der Waals surface area contributed by atoms with Gasteiger partial charge in [-0.15, -0.1) is 34.9 Å². The van der Waals surface area contributed by atoms with Gasteiger partial charge in [-0.05, 0) is 23.7 Å². The summed E-state index contributed by atoms with van der Waals surface area (Å²) >= 11 is 0. The molecule has 2 heterocycles. The van der Waals surface area contributed by atoms with Crippen LogP contribution in [0.15, 0.2) is 54.4 Å². The number of hydrogen-bond acceptors (Lipinski definition) is 4. The van der Waals surface area contributed by atoms with E-state index in [1.807, 2.05) is 59.7 Å². The topological polar surface area (TPSA) is 63.1 Å². The summed E-state index contributed by atoms with van der Waals surface area (Å²) in [6, 6.07) is 15.8. The van der Waals surface area contributed by atoms with E-state index < -0.39 is 5.41 Å². The molecule has 1 aromatic carbocycles. The molecule has 0 aliphatic heterocycles. The second-order valence-electron chi connectivity index (χ2n) is 10.8. The normalized spacial score (nSPS) is 12.1. The van der Waals surface area contributed by atoms with Gasteiger partial charge in [-0.1, -0.05) is 74.4 Å². The molecule has 0 aliphatic carbocycles. The van der Waals surface area contributed by atoms with Crippen molar-refractivity contribution in [2.24, 2.45) is 10.8 Å². The number of aliphatic hydroxyl groups is 1. The number of carbonyl (C=O) groups excluding carboxylic acids is 1. The first-order chi connectivity index (χ1) is 15.2. The molecule has 3 aromatic rings. The van der Waals surface area contributed by atoms with E-state index in [0.717, 1.165) is 27.9 Å². The fourth-order valence-electron chi connectivity index (χ4n) is 2.87. The average molecular weight is 638 g/mol. The molecule has 0 amide bonds. The fraction of sp³-hybridized carbons (Fsp3) is 0.414. The van der Waals surface area contributed by atoms with Crippen LogP contribution >= 0.6 is 0 Å². The summed E-state index contributed by atoms with van der Waals surface area (Å²) in [5.41, 5.74) is 4.46. The number of aliphatic hydroxyl groups excluding tert-OH is 1. The van der Waals surface area contributed by atoms with E-state index in [1.165, 1.54) is 11.6 Å². The van der Waals surface area contributed by atoms with Crippen molar-refractivity contribution in [1.29, 1.82) is 0 Å². The van der Waals surface area contributed by atoms with Crippen molar-refractivity contribution in [1.82, 2.24) is 9.97 Å². The van der Waals surface area contributed by atoms with Crippen LogP contribution in [0.2, 0.25) is 0 Å². The number of aromatic nitrogens is 2. The van der Waals surface area contributed by atoms with Crippen molar-refractivity contribution >= 4 is 16.8 Å². The summed E-state index contributed by atoms with van der Waals surface area (Å²) in [6.07, 6.45) is 3.11. The van der Waals surface area contributed by atoms with Crippen molar-refractivity contribution in [2.75, 3.05) is 0 Å². The monoisotopic (exact) mass is 638 g/mol. The van der Waals surface area contributed by atoms with Crippen molar-refractivity contribution in [2.45, 2.75) is 68.2 Å². The van der Waals surface area contributed by atoms with Gasteiger partial charge >= 0.3 is 0 Å². The SMILES string of the molecule is CC(C)(C)C(=O)/C=C(\O)C(C)(C)C.Cc1[c-]c(-c2ccc3cccnc3n2)cc(C(C)C)c1.[Ir]. The fourth-order valence-corrected chi connectivity index (χ4v) is 2.87. The van der Waals surface area contributed by atoms with Crippen LogP contribution in [0.4, 0.5) is 0 Å². The van der Waals surface area contributed by atoms with Crippen molar-refractivity contribution < 1.29 is 30.0 Å². The smallest absolute Gasteiger partial charge is 0.164 e. The van der Waals surface area contributed by atoms with E-state index in [1.54, 1.807) is 6.20 Å². The molecule has 3 rings (SSSR count). The third kappa shape index (κ3) is 8.45. The number of allylic oxidation sites excluding steroid dienone is 2. The van der Waals surface area contributed by atoms with Crippen molar-refractivity contribution in [3.05, 3.63) is 71.6 Å². The molecular formula is C29H37IrN2O2-. The number of nitrogens with zero attached hydrogens (tertiary/aromatic N) is 2. The number of aryl methyl sites for hydroxylation is 1. The van der Waals surface area contributed by atoms with Gasteiger partial charge in [0.2, 0.25) is 0 Å². The molecule has 4 nitrogen and oxygen atoms in total. The minimum absolute atomic E-state index is 0. The van der Waals surface area contributed by atoms with E-state index in [-0.39, 0.29) is 37.1 Å². The molecule has 0 spiro atoms. The Balaban J connectivity index is 0.000000364. The number of rotatable bonds is 3. The zero-order valence-corrected chi connectivity index (χ0v) is 24.2. The second kappa shape index (κ2) is 11.9. The van der Waals surface area contributed by atoms with Crippen LogP contribution in [-0.2, 0) is 24.9 Å². The van der Waals surface area contributed by atoms with Crippen molar-refractivity contribution in [3.8, 4) is 11.3 Å². The molecule has 1 radical (unpaired) electrons. The van der Waals surface area contributed by atoms with Gasteiger partial charge in [0.15, 0.2) is 5.78 Å². The van der Waals surface area contributed by atoms with E-state index in [0.29, 0.717) is 5.92 Å². The Labute approximate surface area is 218 Å². The Morgan fingerprint density at radius 1 is 1.03 bits per heavy atom. The number of carbonyl (C=O) groups is 1. The third-order valence-corrected chi connectivity index (χ3v) is 5.21. The number of pyridine rings is 2. The van der Waals surface area contributed by atoms with Crippen LogP contribution in [0.25, 0.3) is 22.3 Å². The molecule has 34 heavy (non-hydrogen) atoms. The van der Waals surface area contributed by atoms with Crippen LogP contribution in [-0.4, -0.2) is 20.9 Å². The molecular weight excluding hydrogens is 601 g/mol. The maximum Gasteiger partial charge on any atom is 0.164 e. The van der Waals surface area contributed by atoms with Crippen molar-refractivity contribution in [3.63, 3.8) is 0 Å². The summed E-state index contributed by atoms with van der Waals surface area (Å²) in [7, 11) is 0. The minimum Gasteiger partial charge on any atom is -0.512 e. The van der Waals surface area contributed by atoms with Crippen LogP contribution < -0.4 is 0 Å². The molecule has 185 valence electrons. The van der Waals surface area contributed by atoms with Gasteiger partial charge in [0.05, 0.1) is 0 Å². The van der Waals surface area contributed by atoms with Gasteiger partial charge in [-0.3, -0.25) is 9.78 Å². The van der Waals surface area contributed by atoms with E-state index in [2.05, 4.69) is 55.0 Å². The first kappa shape index (κ1) is 29.7. The molecule has 2 aromatic heterocycles. The average Bonchev–Trinajstić information content (AvgIpc) is 2.72. The van der Waals surface area contributed by atoms with E-state index in [4.69, 9.17) is 0 Å². The second-order valence-corrected chi connectivity index (χ2v) is 10.8. The maximum atomic E-state index is 11.5. The predicted octanol–water partition coefficient (Wildman–Crippen LogP) is 7.62. The molecule has 0 bridgehead atoms. The zero-order chi connectivity index (χ0) is 25.0. The number of fused-ring (bicyclic) bond motifs is 1. The molecule has 0 aliphatic rings. The third-order valence-electron chi connectivity index (χ3n) is 5.21. The van der Waals surface area contributed by atoms with E-state index in [9.17, 15) is 9.90 Å². The summed E-state index contributed by atoms with van der Waals surface area (Å²) in [4.78, 5) is 20.5. The summed E-state index contributed by atoms with van der Waals surface area (Å²) in [5, 5.41) is 10.6. The van der Waals surface area contributed by atoms with Gasteiger partial charge in [0.1, 0.15) is 11.4 Å². The molecule has 0 unspecified atom stereocenters. The van der Waals surface area contributed by atoms with Crippen LogP contribution in [0.5, 0.6) is 0 Å². The first-order valence-electron chi connectivity index (χ1n) is 11.4. The Hall–Kier alpha value is -2.36. The van der Waals surface area contributed by atoms with Gasteiger partial charge in [-0.2, -0.15) is 0 Å². The molecule has 0 saturated heterocycles. The van der Waals surface area contributed by atoms with Gasteiger partial charge in [0.25, 0.3) is 0 Å². The first-order valence-corrected chi connectivity index (χ1v) is 11.4. The molecule has 1 N–H and O–H groups in total. The summed E-state index contributed by atoms with van der Waals surface area (Å²) < 4.78 is 0. The standard InChI is InChI=1S/C18H17N2.C11H20O2.Ir/c1-12(2)15-9-13(3)10-16(11-15)17-7-6-14-5-4-8-19-18(14)20-17;1-10(2,3)8(12)7-9(13)11(4,5)6;/h4-9,11-12H,1-3H3;7,12H,1-6H3;/q-1;;/b;8-7-;. The van der Waals surface area contributed by atoms with Crippen LogP contribution in [0.1, 0.15) is 72.4 Å². The molecule has 5 heteroatoms. The Kier molecular flexibility index (Phi) is 10.3. The van der Waals surface area contributed by atoms with E-state index >= 15 is 0 Å². The largest absolute Gasteiger partial charge is 0.512 e. The molecule has 0 saturated carbocycles. The Morgan fingerprint density at radius 3 is 2.24 bits per heavy atom. The molecule has 0 fully saturated rings. The Morgan fingerprint density at radius 2 is 1.68 bits per heavy atom. The summed E-state index contributed by atoms with van der Waals surface area (Å²) in [6.45, 7) is 17.6. The van der Waals surface area contributed by atoms with Gasteiger partial charge in [-0.25, -0.2) is 4.98 Å². The summed E-state index contributed by atoms with van der Waals surface area (Å²) in [5.74, 6) is 0.605. The zero-order valence-electron chi connectivity index (χ0n) is 21.8. The van der Waals surface area contributed by atoms with Crippen LogP contribution in [0.3, 0.4) is 0 Å². The predicted molar refractivity (Wildman–Crippen MR) is 137 cm³/mol. The quantitative estimate of drug-likeness (QED) is 0.182. The number of benzene rings is 1. The van der Waals surface area contributed by atoms with Crippen LogP contribution in [0, 0.1) is 23.8 Å². The number of ketones is 1. The van der Waals surface area contributed by atoms with Gasteiger partial charge < -0.3 is 5.11 Å². The molecule has 0 atom stereocenters. The number of hydrogen-bond donors (Lipinski definition) is 1.